The third-order valence-electron chi connectivity index (χ3n) is 3.63. The van der Waals surface area contributed by atoms with Crippen LogP contribution in [0, 0.1) is 5.92 Å². The van der Waals surface area contributed by atoms with E-state index in [0.717, 1.165) is 30.9 Å². The monoisotopic (exact) mass is 279 g/mol. The van der Waals surface area contributed by atoms with Gasteiger partial charge in [-0.15, -0.1) is 0 Å². The molecular formula is C16H25NO3. The van der Waals surface area contributed by atoms with Gasteiger partial charge in [0, 0.05) is 0 Å². The average molecular weight is 279 g/mol. The number of aliphatic hydroxyl groups excluding tert-OH is 1. The molecule has 0 bridgehead atoms. The zero-order valence-electron chi connectivity index (χ0n) is 12.1. The van der Waals surface area contributed by atoms with Crippen LogP contribution in [0.5, 0.6) is 0 Å². The second-order valence-corrected chi connectivity index (χ2v) is 5.50. The van der Waals surface area contributed by atoms with Crippen LogP contribution in [0.15, 0.2) is 30.3 Å². The molecule has 1 aromatic rings. The molecular weight excluding hydrogens is 254 g/mol. The van der Waals surface area contributed by atoms with Crippen LogP contribution < -0.4 is 5.32 Å². The first-order valence-corrected chi connectivity index (χ1v) is 7.34. The second kappa shape index (κ2) is 8.37. The van der Waals surface area contributed by atoms with Crippen LogP contribution in [0.25, 0.3) is 0 Å². The van der Waals surface area contributed by atoms with Crippen molar-refractivity contribution in [2.24, 2.45) is 5.92 Å². The maximum atomic E-state index is 9.80. The van der Waals surface area contributed by atoms with Crippen LogP contribution in [0.4, 0.5) is 0 Å². The zero-order valence-corrected chi connectivity index (χ0v) is 12.1. The normalized spacial score (nSPS) is 23.3. The fourth-order valence-corrected chi connectivity index (χ4v) is 2.45. The lowest BCUT2D eigenvalue weighted by atomic mass is 9.82. The van der Waals surface area contributed by atoms with E-state index in [4.69, 9.17) is 9.47 Å². The van der Waals surface area contributed by atoms with Crippen molar-refractivity contribution in [1.29, 1.82) is 0 Å². The standard InChI is InChI=1S/C16H25NO3/c1-17-9-14-7-16(8-14)20-12-15(18)11-19-10-13-5-3-2-4-6-13/h2-6,14-18H,7-12H2,1H3. The summed E-state index contributed by atoms with van der Waals surface area (Å²) in [4.78, 5) is 0. The summed E-state index contributed by atoms with van der Waals surface area (Å²) in [7, 11) is 1.97. The molecule has 1 saturated carbocycles. The van der Waals surface area contributed by atoms with Gasteiger partial charge in [0.15, 0.2) is 0 Å². The first-order valence-electron chi connectivity index (χ1n) is 7.34. The Kier molecular flexibility index (Phi) is 6.47. The van der Waals surface area contributed by atoms with Crippen molar-refractivity contribution in [1.82, 2.24) is 5.32 Å². The van der Waals surface area contributed by atoms with Gasteiger partial charge >= 0.3 is 0 Å². The van der Waals surface area contributed by atoms with Crippen molar-refractivity contribution < 1.29 is 14.6 Å². The highest BCUT2D eigenvalue weighted by Crippen LogP contribution is 2.29. The van der Waals surface area contributed by atoms with Crippen LogP contribution >= 0.6 is 0 Å². The van der Waals surface area contributed by atoms with Gasteiger partial charge in [0.1, 0.15) is 6.10 Å². The number of ether oxygens (including phenoxy) is 2. The van der Waals surface area contributed by atoms with E-state index < -0.39 is 6.10 Å². The molecule has 1 aromatic carbocycles. The Hall–Kier alpha value is -0.940. The van der Waals surface area contributed by atoms with E-state index in [1.54, 1.807) is 0 Å². The second-order valence-electron chi connectivity index (χ2n) is 5.50. The minimum Gasteiger partial charge on any atom is -0.388 e. The van der Waals surface area contributed by atoms with Crippen molar-refractivity contribution in [3.63, 3.8) is 0 Å². The van der Waals surface area contributed by atoms with Gasteiger partial charge in [0.2, 0.25) is 0 Å². The summed E-state index contributed by atoms with van der Waals surface area (Å²) in [5, 5.41) is 13.0. The maximum absolute atomic E-state index is 9.80. The van der Waals surface area contributed by atoms with Crippen molar-refractivity contribution in [3.8, 4) is 0 Å². The first kappa shape index (κ1) is 15.4. The number of hydrogen-bond acceptors (Lipinski definition) is 4. The molecule has 2 N–H and O–H groups in total. The lowest BCUT2D eigenvalue weighted by Gasteiger charge is -2.35. The van der Waals surface area contributed by atoms with Crippen LogP contribution in [-0.4, -0.2) is 44.1 Å². The highest BCUT2D eigenvalue weighted by molar-refractivity contribution is 5.13. The van der Waals surface area contributed by atoms with Gasteiger partial charge in [0.25, 0.3) is 0 Å². The molecule has 0 amide bonds. The topological polar surface area (TPSA) is 50.7 Å². The molecule has 0 radical (unpaired) electrons. The summed E-state index contributed by atoms with van der Waals surface area (Å²) >= 11 is 0. The van der Waals surface area contributed by atoms with Crippen LogP contribution in [-0.2, 0) is 16.1 Å². The van der Waals surface area contributed by atoms with Crippen molar-refractivity contribution in [2.45, 2.75) is 31.7 Å². The number of benzene rings is 1. The van der Waals surface area contributed by atoms with Crippen LogP contribution in [0.3, 0.4) is 0 Å². The van der Waals surface area contributed by atoms with E-state index in [0.29, 0.717) is 25.9 Å². The summed E-state index contributed by atoms with van der Waals surface area (Å²) in [6.07, 6.45) is 1.97. The van der Waals surface area contributed by atoms with Gasteiger partial charge < -0.3 is 19.9 Å². The third kappa shape index (κ3) is 5.21. The van der Waals surface area contributed by atoms with E-state index in [-0.39, 0.29) is 0 Å². The van der Waals surface area contributed by atoms with E-state index in [2.05, 4.69) is 5.32 Å². The lowest BCUT2D eigenvalue weighted by Crippen LogP contribution is -2.38. The summed E-state index contributed by atoms with van der Waals surface area (Å²) in [5.74, 6) is 0.733. The highest BCUT2D eigenvalue weighted by atomic mass is 16.5. The molecule has 0 spiro atoms. The van der Waals surface area contributed by atoms with Gasteiger partial charge in [-0.05, 0) is 37.9 Å². The molecule has 0 saturated heterocycles. The predicted molar refractivity (Wildman–Crippen MR) is 78.5 cm³/mol. The molecule has 1 fully saturated rings. The molecule has 1 unspecified atom stereocenters. The molecule has 20 heavy (non-hydrogen) atoms. The molecule has 0 aliphatic heterocycles. The smallest absolute Gasteiger partial charge is 0.101 e. The van der Waals surface area contributed by atoms with E-state index in [1.165, 1.54) is 0 Å². The zero-order chi connectivity index (χ0) is 14.2. The largest absolute Gasteiger partial charge is 0.388 e. The average Bonchev–Trinajstić information content (AvgIpc) is 2.42. The third-order valence-corrected chi connectivity index (χ3v) is 3.63. The summed E-state index contributed by atoms with van der Waals surface area (Å²) in [5.41, 5.74) is 1.12. The van der Waals surface area contributed by atoms with Crippen molar-refractivity contribution >= 4 is 0 Å². The molecule has 1 aliphatic rings. The van der Waals surface area contributed by atoms with E-state index in [9.17, 15) is 5.11 Å². The minimum atomic E-state index is -0.540. The van der Waals surface area contributed by atoms with Crippen LogP contribution in [0.1, 0.15) is 18.4 Å². The predicted octanol–water partition coefficient (Wildman–Crippen LogP) is 1.58. The van der Waals surface area contributed by atoms with Crippen LogP contribution in [0.2, 0.25) is 0 Å². The Bertz CT molecular complexity index is 365. The molecule has 4 nitrogen and oxygen atoms in total. The Morgan fingerprint density at radius 1 is 1.25 bits per heavy atom. The number of aliphatic hydroxyl groups is 1. The lowest BCUT2D eigenvalue weighted by molar-refractivity contribution is -0.0823. The summed E-state index contributed by atoms with van der Waals surface area (Å²) < 4.78 is 11.1. The molecule has 4 heteroatoms. The first-order chi connectivity index (χ1) is 9.78. The number of hydrogen-bond donors (Lipinski definition) is 2. The Morgan fingerprint density at radius 3 is 2.70 bits per heavy atom. The molecule has 112 valence electrons. The fraction of sp³-hybridized carbons (Fsp3) is 0.625. The van der Waals surface area contributed by atoms with Gasteiger partial charge in [-0.3, -0.25) is 0 Å². The number of rotatable bonds is 9. The Balaban J connectivity index is 1.50. The van der Waals surface area contributed by atoms with Gasteiger partial charge in [-0.25, -0.2) is 0 Å². The van der Waals surface area contributed by atoms with Gasteiger partial charge in [-0.2, -0.15) is 0 Å². The molecule has 2 rings (SSSR count). The molecule has 1 aliphatic carbocycles. The Labute approximate surface area is 121 Å². The molecule has 0 aromatic heterocycles. The maximum Gasteiger partial charge on any atom is 0.101 e. The molecule has 0 heterocycles. The Morgan fingerprint density at radius 2 is 2.00 bits per heavy atom. The summed E-state index contributed by atoms with van der Waals surface area (Å²) in [6, 6.07) is 9.97. The van der Waals surface area contributed by atoms with Crippen molar-refractivity contribution in [3.05, 3.63) is 35.9 Å². The fourth-order valence-electron chi connectivity index (χ4n) is 2.45. The van der Waals surface area contributed by atoms with Gasteiger partial charge in [-0.1, -0.05) is 30.3 Å². The minimum absolute atomic E-state index is 0.317. The molecule has 1 atom stereocenters. The SMILES string of the molecule is CNCC1CC(OCC(O)COCc2ccccc2)C1. The number of nitrogens with one attached hydrogen (secondary N) is 1. The van der Waals surface area contributed by atoms with E-state index in [1.807, 2.05) is 37.4 Å². The quantitative estimate of drug-likeness (QED) is 0.720. The highest BCUT2D eigenvalue weighted by Gasteiger charge is 2.29. The summed E-state index contributed by atoms with van der Waals surface area (Å²) in [6.45, 7) is 2.28. The van der Waals surface area contributed by atoms with E-state index >= 15 is 0 Å². The van der Waals surface area contributed by atoms with Gasteiger partial charge in [0.05, 0.1) is 25.9 Å². The van der Waals surface area contributed by atoms with Crippen molar-refractivity contribution in [2.75, 3.05) is 26.8 Å².